The van der Waals surface area contributed by atoms with Crippen LogP contribution in [-0.2, 0) is 11.3 Å². The number of benzene rings is 2. The van der Waals surface area contributed by atoms with Gasteiger partial charge in [-0.3, -0.25) is 9.59 Å². The number of nitrogens with zero attached hydrogens (tertiary/aromatic N) is 2. The Morgan fingerprint density at radius 2 is 1.68 bits per heavy atom. The van der Waals surface area contributed by atoms with Crippen molar-refractivity contribution in [2.45, 2.75) is 45.2 Å². The molecule has 0 bridgehead atoms. The minimum Gasteiger partial charge on any atom is -0.494 e. The van der Waals surface area contributed by atoms with Gasteiger partial charge < -0.3 is 14.8 Å². The maximum absolute atomic E-state index is 12.9. The van der Waals surface area contributed by atoms with Crippen molar-refractivity contribution >= 4 is 16.7 Å². The summed E-state index contributed by atoms with van der Waals surface area (Å²) in [5, 5.41) is 8.91. The van der Waals surface area contributed by atoms with Gasteiger partial charge in [-0.1, -0.05) is 31.0 Å². The van der Waals surface area contributed by atoms with Gasteiger partial charge in [0.2, 0.25) is 0 Å². The van der Waals surface area contributed by atoms with Crippen molar-refractivity contribution in [2.24, 2.45) is 0 Å². The molecule has 0 aliphatic heterocycles. The highest BCUT2D eigenvalue weighted by atomic mass is 16.5. The Morgan fingerprint density at radius 1 is 1.03 bits per heavy atom. The predicted molar refractivity (Wildman–Crippen MR) is 118 cm³/mol. The zero-order valence-electron chi connectivity index (χ0n) is 17.7. The van der Waals surface area contributed by atoms with Crippen LogP contribution in [0.15, 0.2) is 53.3 Å². The molecule has 4 rings (SSSR count). The Morgan fingerprint density at radius 3 is 2.35 bits per heavy atom. The Balaban J connectivity index is 1.43. The third-order valence-electron chi connectivity index (χ3n) is 5.53. The summed E-state index contributed by atoms with van der Waals surface area (Å²) in [4.78, 5) is 25.3. The van der Waals surface area contributed by atoms with Crippen molar-refractivity contribution in [1.82, 2.24) is 15.1 Å². The normalized spacial score (nSPS) is 14.0. The average Bonchev–Trinajstić information content (AvgIpc) is 3.33. The first-order valence-corrected chi connectivity index (χ1v) is 10.8. The van der Waals surface area contributed by atoms with E-state index in [1.165, 1.54) is 0 Å². The molecule has 0 atom stereocenters. The lowest BCUT2D eigenvalue weighted by Crippen LogP contribution is -2.32. The number of aromatic nitrogens is 2. The van der Waals surface area contributed by atoms with E-state index in [0.29, 0.717) is 23.4 Å². The first kappa shape index (κ1) is 20.9. The molecule has 1 N–H and O–H groups in total. The summed E-state index contributed by atoms with van der Waals surface area (Å²) in [6.45, 7) is 2.65. The molecule has 1 fully saturated rings. The van der Waals surface area contributed by atoms with Crippen LogP contribution in [0.4, 0.5) is 0 Å². The predicted octanol–water partition coefficient (Wildman–Crippen LogP) is 3.61. The third-order valence-corrected chi connectivity index (χ3v) is 5.53. The van der Waals surface area contributed by atoms with Crippen LogP contribution in [0.3, 0.4) is 0 Å². The zero-order chi connectivity index (χ0) is 21.6. The van der Waals surface area contributed by atoms with Crippen molar-refractivity contribution in [3.8, 4) is 11.5 Å². The highest BCUT2D eigenvalue weighted by Gasteiger charge is 2.21. The van der Waals surface area contributed by atoms with Gasteiger partial charge >= 0.3 is 0 Å². The molecule has 0 spiro atoms. The number of nitrogens with one attached hydrogen (secondary N) is 1. The molecule has 2 aromatic carbocycles. The lowest BCUT2D eigenvalue weighted by Gasteiger charge is -2.16. The van der Waals surface area contributed by atoms with Crippen molar-refractivity contribution in [1.29, 1.82) is 0 Å². The molecule has 1 saturated carbocycles. The van der Waals surface area contributed by atoms with Crippen LogP contribution in [0.2, 0.25) is 0 Å². The topological polar surface area (TPSA) is 82.4 Å². The molecule has 0 saturated heterocycles. The molecule has 1 aliphatic carbocycles. The van der Waals surface area contributed by atoms with E-state index in [9.17, 15) is 9.59 Å². The van der Waals surface area contributed by atoms with Gasteiger partial charge in [0.25, 0.3) is 11.5 Å². The zero-order valence-corrected chi connectivity index (χ0v) is 17.7. The number of carbonyl (C=O) groups is 1. The molecule has 1 amide bonds. The molecular weight excluding hydrogens is 394 g/mol. The average molecular weight is 421 g/mol. The van der Waals surface area contributed by atoms with Crippen LogP contribution < -0.4 is 20.3 Å². The Labute approximate surface area is 181 Å². The summed E-state index contributed by atoms with van der Waals surface area (Å²) >= 11 is 0. The quantitative estimate of drug-likeness (QED) is 0.601. The van der Waals surface area contributed by atoms with Gasteiger partial charge in [-0.2, -0.15) is 5.10 Å². The number of rotatable bonds is 8. The highest BCUT2D eigenvalue weighted by molar-refractivity contribution is 5.84. The number of hydrogen-bond donors (Lipinski definition) is 1. The van der Waals surface area contributed by atoms with Crippen LogP contribution >= 0.6 is 0 Å². The standard InChI is InChI=1S/C24H27N3O4/c1-2-30-18-11-13-19(14-12-18)31-16-23(28)25-15-22-20-9-5-6-10-21(20)24(29)27(26-22)17-7-3-4-8-17/h5-6,9-14,17H,2-4,7-8,15-16H2,1H3,(H,25,28). The van der Waals surface area contributed by atoms with Gasteiger partial charge in [0.05, 0.1) is 30.3 Å². The number of hydrogen-bond acceptors (Lipinski definition) is 5. The smallest absolute Gasteiger partial charge is 0.274 e. The second-order valence-corrected chi connectivity index (χ2v) is 7.65. The fraction of sp³-hybridized carbons (Fsp3) is 0.375. The summed E-state index contributed by atoms with van der Waals surface area (Å²) in [5.74, 6) is 1.10. The van der Waals surface area contributed by atoms with Crippen LogP contribution in [0, 0.1) is 0 Å². The molecule has 7 nitrogen and oxygen atoms in total. The van der Waals surface area contributed by atoms with Crippen molar-refractivity contribution in [2.75, 3.05) is 13.2 Å². The molecule has 0 radical (unpaired) electrons. The first-order valence-electron chi connectivity index (χ1n) is 10.8. The molecule has 162 valence electrons. The van der Waals surface area contributed by atoms with E-state index in [2.05, 4.69) is 10.4 Å². The number of amides is 1. The summed E-state index contributed by atoms with van der Waals surface area (Å²) in [6, 6.07) is 14.7. The molecule has 1 aliphatic rings. The van der Waals surface area contributed by atoms with Gasteiger partial charge in [0.1, 0.15) is 11.5 Å². The fourth-order valence-electron chi connectivity index (χ4n) is 3.98. The third kappa shape index (κ3) is 4.87. The number of fused-ring (bicyclic) bond motifs is 1. The van der Waals surface area contributed by atoms with E-state index in [-0.39, 0.29) is 30.7 Å². The molecule has 1 heterocycles. The fourth-order valence-corrected chi connectivity index (χ4v) is 3.98. The summed E-state index contributed by atoms with van der Waals surface area (Å²) in [6.07, 6.45) is 4.15. The van der Waals surface area contributed by atoms with E-state index in [1.807, 2.05) is 31.2 Å². The van der Waals surface area contributed by atoms with Gasteiger partial charge in [0.15, 0.2) is 6.61 Å². The lowest BCUT2D eigenvalue weighted by molar-refractivity contribution is -0.123. The number of ether oxygens (including phenoxy) is 2. The Bertz CT molecular complexity index is 1100. The van der Waals surface area contributed by atoms with Crippen LogP contribution in [0.25, 0.3) is 10.8 Å². The van der Waals surface area contributed by atoms with Crippen LogP contribution in [0.1, 0.15) is 44.3 Å². The van der Waals surface area contributed by atoms with Crippen LogP contribution in [0.5, 0.6) is 11.5 Å². The molecule has 31 heavy (non-hydrogen) atoms. The van der Waals surface area contributed by atoms with Gasteiger partial charge in [-0.15, -0.1) is 0 Å². The second-order valence-electron chi connectivity index (χ2n) is 7.65. The monoisotopic (exact) mass is 421 g/mol. The Kier molecular flexibility index (Phi) is 6.50. The molecular formula is C24H27N3O4. The molecule has 1 aromatic heterocycles. The maximum atomic E-state index is 12.9. The van der Waals surface area contributed by atoms with E-state index >= 15 is 0 Å². The lowest BCUT2D eigenvalue weighted by atomic mass is 10.1. The van der Waals surface area contributed by atoms with Gasteiger partial charge in [0, 0.05) is 5.39 Å². The minimum atomic E-state index is -0.251. The Hall–Kier alpha value is -3.35. The summed E-state index contributed by atoms with van der Waals surface area (Å²) in [7, 11) is 0. The highest BCUT2D eigenvalue weighted by Crippen LogP contribution is 2.28. The summed E-state index contributed by atoms with van der Waals surface area (Å²) in [5.41, 5.74) is 0.632. The first-order chi connectivity index (χ1) is 15.2. The van der Waals surface area contributed by atoms with E-state index in [1.54, 1.807) is 28.9 Å². The van der Waals surface area contributed by atoms with Crippen molar-refractivity contribution < 1.29 is 14.3 Å². The minimum absolute atomic E-state index is 0.0589. The maximum Gasteiger partial charge on any atom is 0.274 e. The van der Waals surface area contributed by atoms with Gasteiger partial charge in [-0.05, 0) is 50.1 Å². The SMILES string of the molecule is CCOc1ccc(OCC(=O)NCc2nn(C3CCCC3)c(=O)c3ccccc23)cc1. The largest absolute Gasteiger partial charge is 0.494 e. The van der Waals surface area contributed by atoms with Crippen LogP contribution in [-0.4, -0.2) is 28.9 Å². The molecule has 0 unspecified atom stereocenters. The van der Waals surface area contributed by atoms with Crippen molar-refractivity contribution in [3.63, 3.8) is 0 Å². The van der Waals surface area contributed by atoms with E-state index in [4.69, 9.17) is 9.47 Å². The number of carbonyl (C=O) groups excluding carboxylic acids is 1. The van der Waals surface area contributed by atoms with Crippen molar-refractivity contribution in [3.05, 3.63) is 64.6 Å². The molecule has 3 aromatic rings. The van der Waals surface area contributed by atoms with Gasteiger partial charge in [-0.25, -0.2) is 4.68 Å². The van der Waals surface area contributed by atoms with E-state index < -0.39 is 0 Å². The molecule has 7 heteroatoms. The summed E-state index contributed by atoms with van der Waals surface area (Å²) < 4.78 is 12.6. The van der Waals surface area contributed by atoms with E-state index in [0.717, 1.165) is 36.8 Å². The second kappa shape index (κ2) is 9.64.